The number of benzene rings is 3. The number of hydrogen-bond donors (Lipinski definition) is 1. The molecule has 0 atom stereocenters. The lowest BCUT2D eigenvalue weighted by Crippen LogP contribution is -2.09. The summed E-state index contributed by atoms with van der Waals surface area (Å²) in [6.45, 7) is 7.01. The third kappa shape index (κ3) is 5.45. The van der Waals surface area contributed by atoms with Crippen LogP contribution in [0.15, 0.2) is 54.6 Å². The number of nitrogens with one attached hydrogen (secondary N) is 1. The highest BCUT2D eigenvalue weighted by Crippen LogP contribution is 2.36. The SMILES string of the molecule is CCc1cccc(CCNc2nnc(C)c3c(C)cc(Cc4ccc(OCCl)cc4)c(Cl)c23)c1. The Labute approximate surface area is 211 Å². The third-order valence-electron chi connectivity index (χ3n) is 6.08. The average Bonchev–Trinajstić information content (AvgIpc) is 2.84. The Bertz CT molecular complexity index is 1290. The van der Waals surface area contributed by atoms with Crippen molar-refractivity contribution in [3.05, 3.63) is 93.1 Å². The minimum Gasteiger partial charge on any atom is -0.478 e. The van der Waals surface area contributed by atoms with E-state index in [0.29, 0.717) is 6.42 Å². The summed E-state index contributed by atoms with van der Waals surface area (Å²) in [7, 11) is 0. The van der Waals surface area contributed by atoms with Gasteiger partial charge in [-0.15, -0.1) is 5.10 Å². The van der Waals surface area contributed by atoms with Gasteiger partial charge in [0.05, 0.1) is 10.7 Å². The van der Waals surface area contributed by atoms with E-state index in [4.69, 9.17) is 27.9 Å². The molecule has 0 radical (unpaired) electrons. The molecule has 1 N–H and O–H groups in total. The molecule has 34 heavy (non-hydrogen) atoms. The van der Waals surface area contributed by atoms with E-state index in [1.165, 1.54) is 11.1 Å². The van der Waals surface area contributed by atoms with Gasteiger partial charge in [0.1, 0.15) is 5.75 Å². The van der Waals surface area contributed by atoms with E-state index in [2.05, 4.69) is 59.7 Å². The quantitative estimate of drug-likeness (QED) is 0.248. The first-order valence-electron chi connectivity index (χ1n) is 11.5. The van der Waals surface area contributed by atoms with Crippen LogP contribution in [-0.4, -0.2) is 22.8 Å². The number of anilines is 1. The Balaban J connectivity index is 1.62. The van der Waals surface area contributed by atoms with Crippen molar-refractivity contribution in [1.82, 2.24) is 10.2 Å². The molecular weight excluding hydrogens is 465 g/mol. The van der Waals surface area contributed by atoms with Crippen molar-refractivity contribution in [2.75, 3.05) is 17.9 Å². The molecule has 3 aromatic carbocycles. The predicted octanol–water partition coefficient (Wildman–Crippen LogP) is 7.28. The number of nitrogens with zero attached hydrogens (tertiary/aromatic N) is 2. The van der Waals surface area contributed by atoms with E-state index in [1.54, 1.807) is 0 Å². The van der Waals surface area contributed by atoms with Gasteiger partial charge in [-0.3, -0.25) is 0 Å². The van der Waals surface area contributed by atoms with E-state index < -0.39 is 0 Å². The summed E-state index contributed by atoms with van der Waals surface area (Å²) >= 11 is 12.7. The van der Waals surface area contributed by atoms with Crippen molar-refractivity contribution in [2.24, 2.45) is 0 Å². The number of rotatable bonds is 9. The molecule has 1 aromatic heterocycles. The fraction of sp³-hybridized carbons (Fsp3) is 0.286. The van der Waals surface area contributed by atoms with Gasteiger partial charge in [0.15, 0.2) is 11.9 Å². The molecular formula is C28H29Cl2N3O. The summed E-state index contributed by atoms with van der Waals surface area (Å²) in [6, 6.07) is 18.9. The maximum atomic E-state index is 7.01. The molecule has 0 spiro atoms. The van der Waals surface area contributed by atoms with Crippen LogP contribution in [0.3, 0.4) is 0 Å². The number of halogens is 2. The molecule has 4 rings (SSSR count). The van der Waals surface area contributed by atoms with Gasteiger partial charge < -0.3 is 10.1 Å². The van der Waals surface area contributed by atoms with Crippen LogP contribution in [0, 0.1) is 13.8 Å². The Hall–Kier alpha value is -2.82. The monoisotopic (exact) mass is 493 g/mol. The number of aromatic nitrogens is 2. The maximum absolute atomic E-state index is 7.01. The van der Waals surface area contributed by atoms with Crippen molar-refractivity contribution in [3.8, 4) is 5.75 Å². The van der Waals surface area contributed by atoms with E-state index in [1.807, 2.05) is 31.2 Å². The fourth-order valence-electron chi connectivity index (χ4n) is 4.35. The van der Waals surface area contributed by atoms with Crippen LogP contribution in [0.1, 0.15) is 40.4 Å². The number of alkyl halides is 1. The lowest BCUT2D eigenvalue weighted by atomic mass is 9.97. The van der Waals surface area contributed by atoms with Gasteiger partial charge in [-0.1, -0.05) is 72.6 Å². The first kappa shape index (κ1) is 24.3. The lowest BCUT2D eigenvalue weighted by molar-refractivity contribution is 0.388. The van der Waals surface area contributed by atoms with Crippen molar-refractivity contribution in [3.63, 3.8) is 0 Å². The smallest absolute Gasteiger partial charge is 0.162 e. The van der Waals surface area contributed by atoms with Crippen molar-refractivity contribution >= 4 is 39.8 Å². The van der Waals surface area contributed by atoms with Crippen LogP contribution in [-0.2, 0) is 19.3 Å². The van der Waals surface area contributed by atoms with Crippen molar-refractivity contribution in [2.45, 2.75) is 40.0 Å². The van der Waals surface area contributed by atoms with Crippen LogP contribution < -0.4 is 10.1 Å². The van der Waals surface area contributed by atoms with Crippen LogP contribution in [0.4, 0.5) is 5.82 Å². The van der Waals surface area contributed by atoms with E-state index in [0.717, 1.165) is 69.1 Å². The fourth-order valence-corrected chi connectivity index (χ4v) is 4.78. The second-order valence-electron chi connectivity index (χ2n) is 8.48. The zero-order valence-corrected chi connectivity index (χ0v) is 21.3. The minimum absolute atomic E-state index is 0.134. The Morgan fingerprint density at radius 2 is 1.68 bits per heavy atom. The topological polar surface area (TPSA) is 47.0 Å². The summed E-state index contributed by atoms with van der Waals surface area (Å²) in [5.41, 5.74) is 6.88. The number of aryl methyl sites for hydroxylation is 3. The van der Waals surface area contributed by atoms with Gasteiger partial charge in [0, 0.05) is 17.3 Å². The number of fused-ring (bicyclic) bond motifs is 1. The van der Waals surface area contributed by atoms with Crippen molar-refractivity contribution in [1.29, 1.82) is 0 Å². The molecule has 0 bridgehead atoms. The summed E-state index contributed by atoms with van der Waals surface area (Å²) in [5, 5.41) is 15.1. The molecule has 0 saturated carbocycles. The number of hydrogen-bond acceptors (Lipinski definition) is 4. The highest BCUT2D eigenvalue weighted by atomic mass is 35.5. The predicted molar refractivity (Wildman–Crippen MR) is 143 cm³/mol. The van der Waals surface area contributed by atoms with E-state index in [-0.39, 0.29) is 6.07 Å². The van der Waals surface area contributed by atoms with Gasteiger partial charge in [-0.2, -0.15) is 5.10 Å². The Morgan fingerprint density at radius 3 is 2.41 bits per heavy atom. The molecule has 0 aliphatic heterocycles. The normalized spacial score (nSPS) is 11.1. The zero-order valence-electron chi connectivity index (χ0n) is 19.8. The van der Waals surface area contributed by atoms with E-state index in [9.17, 15) is 0 Å². The van der Waals surface area contributed by atoms with Crippen molar-refractivity contribution < 1.29 is 4.74 Å². The zero-order chi connectivity index (χ0) is 24.1. The second kappa shape index (κ2) is 11.1. The van der Waals surface area contributed by atoms with Crippen LogP contribution in [0.25, 0.3) is 10.8 Å². The van der Waals surface area contributed by atoms with Gasteiger partial charge in [0.2, 0.25) is 0 Å². The maximum Gasteiger partial charge on any atom is 0.162 e. The van der Waals surface area contributed by atoms with Crippen LogP contribution in [0.5, 0.6) is 5.75 Å². The highest BCUT2D eigenvalue weighted by molar-refractivity contribution is 6.37. The Kier molecular flexibility index (Phi) is 7.91. The molecule has 0 amide bonds. The molecule has 4 nitrogen and oxygen atoms in total. The average molecular weight is 494 g/mol. The lowest BCUT2D eigenvalue weighted by Gasteiger charge is -2.16. The molecule has 4 aromatic rings. The third-order valence-corrected chi connectivity index (χ3v) is 6.62. The van der Waals surface area contributed by atoms with Crippen LogP contribution >= 0.6 is 23.2 Å². The van der Waals surface area contributed by atoms with Gasteiger partial charge in [0.25, 0.3) is 0 Å². The van der Waals surface area contributed by atoms with Crippen LogP contribution in [0.2, 0.25) is 5.02 Å². The first-order chi connectivity index (χ1) is 16.5. The van der Waals surface area contributed by atoms with Gasteiger partial charge in [-0.05, 0) is 73.1 Å². The standard InChI is InChI=1S/C28H29Cl2N3O/c1-4-20-6-5-7-21(15-20)12-13-31-28-26-25(19(3)32-33-28)18(2)14-23(27(26)30)16-22-8-10-24(11-9-22)34-17-29/h5-11,14-15H,4,12-13,16-17H2,1-3H3,(H,31,33). The van der Waals surface area contributed by atoms with Gasteiger partial charge in [-0.25, -0.2) is 0 Å². The van der Waals surface area contributed by atoms with Gasteiger partial charge >= 0.3 is 0 Å². The molecule has 0 aliphatic rings. The molecule has 0 fully saturated rings. The minimum atomic E-state index is 0.134. The summed E-state index contributed by atoms with van der Waals surface area (Å²) in [6.07, 6.45) is 2.65. The largest absolute Gasteiger partial charge is 0.478 e. The number of ether oxygens (including phenoxy) is 1. The first-order valence-corrected chi connectivity index (χ1v) is 12.5. The second-order valence-corrected chi connectivity index (χ2v) is 9.07. The molecule has 176 valence electrons. The summed E-state index contributed by atoms with van der Waals surface area (Å²) < 4.78 is 5.34. The summed E-state index contributed by atoms with van der Waals surface area (Å²) in [5.74, 6) is 1.48. The molecule has 1 heterocycles. The highest BCUT2D eigenvalue weighted by Gasteiger charge is 2.17. The Morgan fingerprint density at radius 1 is 0.912 bits per heavy atom. The molecule has 6 heteroatoms. The summed E-state index contributed by atoms with van der Waals surface area (Å²) in [4.78, 5) is 0. The molecule has 0 unspecified atom stereocenters. The molecule has 0 aliphatic carbocycles. The van der Waals surface area contributed by atoms with E-state index >= 15 is 0 Å². The molecule has 0 saturated heterocycles.